The van der Waals surface area contributed by atoms with E-state index in [1.165, 1.54) is 44.5 Å². The summed E-state index contributed by atoms with van der Waals surface area (Å²) in [4.78, 5) is 5.23. The Labute approximate surface area is 201 Å². The number of nitrogens with zero attached hydrogens (tertiary/aromatic N) is 1. The van der Waals surface area contributed by atoms with Crippen molar-refractivity contribution in [3.8, 4) is 22.3 Å². The lowest BCUT2D eigenvalue weighted by atomic mass is 9.70. The van der Waals surface area contributed by atoms with Crippen LogP contribution in [0.3, 0.4) is 0 Å². The SMILES string of the molecule is Cc1ccc(S(=O)c2ccc3c(c2)C2(c4ccccc4-c4ccccc42)c2ccccc2-3)nc1. The molecule has 162 valence electrons. The molecule has 0 bridgehead atoms. The molecule has 2 aliphatic rings. The van der Waals surface area contributed by atoms with E-state index in [4.69, 9.17) is 0 Å². The van der Waals surface area contributed by atoms with E-state index >= 15 is 0 Å². The maximum absolute atomic E-state index is 13.6. The van der Waals surface area contributed by atoms with E-state index in [2.05, 4.69) is 89.9 Å². The van der Waals surface area contributed by atoms with Crippen LogP contribution in [0.4, 0.5) is 0 Å². The fraction of sp³-hybridized carbons (Fsp3) is 0.0645. The Bertz CT molecular complexity index is 1570. The van der Waals surface area contributed by atoms with E-state index < -0.39 is 16.2 Å². The van der Waals surface area contributed by atoms with Gasteiger partial charge in [0.15, 0.2) is 0 Å². The van der Waals surface area contributed by atoms with E-state index in [0.29, 0.717) is 5.03 Å². The Morgan fingerprint density at radius 3 is 1.68 bits per heavy atom. The minimum atomic E-state index is -1.36. The van der Waals surface area contributed by atoms with Crippen LogP contribution in [0.1, 0.15) is 27.8 Å². The van der Waals surface area contributed by atoms with Gasteiger partial charge in [-0.05, 0) is 75.2 Å². The standard InChI is InChI=1S/C31H21NOS/c1-20-14-17-30(32-19-20)34(33)21-15-16-25-24-10-4-7-13-28(24)31(29(25)18-21)26-11-5-2-8-22(26)23-9-3-6-12-27(23)31/h2-19H,1H3. The third-order valence-electron chi connectivity index (χ3n) is 7.26. The molecule has 1 aromatic heterocycles. The molecular formula is C31H21NOS. The van der Waals surface area contributed by atoms with Crippen LogP contribution in [0.15, 0.2) is 119 Å². The van der Waals surface area contributed by atoms with Crippen molar-refractivity contribution in [1.82, 2.24) is 4.98 Å². The molecule has 0 N–H and O–H groups in total. The van der Waals surface area contributed by atoms with Crippen molar-refractivity contribution in [2.45, 2.75) is 22.3 Å². The van der Waals surface area contributed by atoms with E-state index in [1.54, 1.807) is 6.20 Å². The van der Waals surface area contributed by atoms with Crippen LogP contribution < -0.4 is 0 Å². The Kier molecular flexibility index (Phi) is 4.09. The van der Waals surface area contributed by atoms with Gasteiger partial charge in [-0.2, -0.15) is 0 Å². The summed E-state index contributed by atoms with van der Waals surface area (Å²) in [5.74, 6) is 0. The first-order valence-electron chi connectivity index (χ1n) is 11.5. The Balaban J connectivity index is 1.55. The Morgan fingerprint density at radius 1 is 0.618 bits per heavy atom. The van der Waals surface area contributed by atoms with Gasteiger partial charge in [-0.15, -0.1) is 0 Å². The average Bonchev–Trinajstić information content (AvgIpc) is 3.36. The molecule has 2 nitrogen and oxygen atoms in total. The molecular weight excluding hydrogens is 434 g/mol. The van der Waals surface area contributed by atoms with Crippen molar-refractivity contribution in [2.24, 2.45) is 0 Å². The fourth-order valence-corrected chi connectivity index (χ4v) is 6.87. The third kappa shape index (κ3) is 2.45. The highest BCUT2D eigenvalue weighted by Gasteiger charge is 2.51. The van der Waals surface area contributed by atoms with Gasteiger partial charge < -0.3 is 0 Å². The third-order valence-corrected chi connectivity index (χ3v) is 8.56. The van der Waals surface area contributed by atoms with Crippen molar-refractivity contribution in [1.29, 1.82) is 0 Å². The molecule has 1 atom stereocenters. The minimum Gasteiger partial charge on any atom is -0.247 e. The number of aromatic nitrogens is 1. The molecule has 5 aromatic rings. The highest BCUT2D eigenvalue weighted by atomic mass is 32.2. The summed E-state index contributed by atoms with van der Waals surface area (Å²) in [5.41, 5.74) is 10.7. The first-order valence-corrected chi connectivity index (χ1v) is 12.6. The average molecular weight is 456 g/mol. The zero-order valence-electron chi connectivity index (χ0n) is 18.7. The van der Waals surface area contributed by atoms with Crippen molar-refractivity contribution >= 4 is 10.8 Å². The molecule has 3 heteroatoms. The fourth-order valence-electron chi connectivity index (χ4n) is 5.87. The van der Waals surface area contributed by atoms with Gasteiger partial charge in [0, 0.05) is 11.1 Å². The van der Waals surface area contributed by atoms with Gasteiger partial charge in [0.05, 0.1) is 5.41 Å². The van der Waals surface area contributed by atoms with Gasteiger partial charge >= 0.3 is 0 Å². The minimum absolute atomic E-state index is 0.417. The zero-order valence-corrected chi connectivity index (χ0v) is 19.5. The Morgan fingerprint density at radius 2 is 1.15 bits per heavy atom. The van der Waals surface area contributed by atoms with Crippen LogP contribution in [0.5, 0.6) is 0 Å². The molecule has 34 heavy (non-hydrogen) atoms. The number of hydrogen-bond acceptors (Lipinski definition) is 2. The van der Waals surface area contributed by atoms with E-state index in [0.717, 1.165) is 10.5 Å². The lowest BCUT2D eigenvalue weighted by Gasteiger charge is -2.30. The summed E-state index contributed by atoms with van der Waals surface area (Å²) >= 11 is 0. The summed E-state index contributed by atoms with van der Waals surface area (Å²) < 4.78 is 13.6. The number of rotatable bonds is 2. The zero-order chi connectivity index (χ0) is 22.9. The van der Waals surface area contributed by atoms with E-state index in [9.17, 15) is 4.21 Å². The van der Waals surface area contributed by atoms with Crippen LogP contribution in [-0.2, 0) is 16.2 Å². The van der Waals surface area contributed by atoms with Crippen LogP contribution in [-0.4, -0.2) is 9.19 Å². The van der Waals surface area contributed by atoms with E-state index in [1.807, 2.05) is 25.1 Å². The van der Waals surface area contributed by atoms with Gasteiger partial charge in [-0.3, -0.25) is 0 Å². The monoisotopic (exact) mass is 455 g/mol. The summed E-state index contributed by atoms with van der Waals surface area (Å²) in [6.07, 6.45) is 1.78. The second kappa shape index (κ2) is 7.09. The summed E-state index contributed by atoms with van der Waals surface area (Å²) in [7, 11) is -1.36. The molecule has 0 fully saturated rings. The maximum Gasteiger partial charge on any atom is 0.132 e. The van der Waals surface area contributed by atoms with Gasteiger partial charge in [-0.25, -0.2) is 9.19 Å². The number of benzene rings is 4. The van der Waals surface area contributed by atoms with Crippen LogP contribution in [0, 0.1) is 6.92 Å². The summed E-state index contributed by atoms with van der Waals surface area (Å²) in [6.45, 7) is 1.99. The molecule has 0 saturated carbocycles. The quantitative estimate of drug-likeness (QED) is 0.284. The van der Waals surface area contributed by atoms with E-state index in [-0.39, 0.29) is 0 Å². The maximum atomic E-state index is 13.6. The molecule has 0 aliphatic heterocycles. The molecule has 4 aromatic carbocycles. The molecule has 1 heterocycles. The molecule has 1 unspecified atom stereocenters. The van der Waals surface area contributed by atoms with Crippen molar-refractivity contribution < 1.29 is 4.21 Å². The number of pyridine rings is 1. The van der Waals surface area contributed by atoms with Crippen LogP contribution in [0.2, 0.25) is 0 Å². The van der Waals surface area contributed by atoms with Crippen molar-refractivity contribution in [3.63, 3.8) is 0 Å². The largest absolute Gasteiger partial charge is 0.247 e. The van der Waals surface area contributed by atoms with Crippen molar-refractivity contribution in [3.05, 3.63) is 137 Å². The summed E-state index contributed by atoms with van der Waals surface area (Å²) in [5, 5.41) is 0.585. The Hall–Kier alpha value is -3.82. The second-order valence-corrected chi connectivity index (χ2v) is 10.5. The first kappa shape index (κ1) is 19.6. The normalized spacial score (nSPS) is 14.9. The van der Waals surface area contributed by atoms with Gasteiger partial charge in [0.2, 0.25) is 0 Å². The van der Waals surface area contributed by atoms with Crippen LogP contribution >= 0.6 is 0 Å². The number of fused-ring (bicyclic) bond motifs is 10. The van der Waals surface area contributed by atoms with Crippen molar-refractivity contribution in [2.75, 3.05) is 0 Å². The molecule has 0 radical (unpaired) electrons. The molecule has 1 spiro atoms. The highest BCUT2D eigenvalue weighted by molar-refractivity contribution is 7.85. The molecule has 7 rings (SSSR count). The highest BCUT2D eigenvalue weighted by Crippen LogP contribution is 2.62. The molecule has 0 saturated heterocycles. The summed E-state index contributed by atoms with van der Waals surface area (Å²) in [6, 6.07) is 36.3. The number of hydrogen-bond donors (Lipinski definition) is 0. The first-order chi connectivity index (χ1) is 16.7. The van der Waals surface area contributed by atoms with Gasteiger partial charge in [-0.1, -0.05) is 84.9 Å². The topological polar surface area (TPSA) is 30.0 Å². The van der Waals surface area contributed by atoms with Crippen LogP contribution in [0.25, 0.3) is 22.3 Å². The predicted octanol–water partition coefficient (Wildman–Crippen LogP) is 6.90. The second-order valence-electron chi connectivity index (χ2n) is 9.04. The van der Waals surface area contributed by atoms with Gasteiger partial charge in [0.1, 0.15) is 15.8 Å². The van der Waals surface area contributed by atoms with Gasteiger partial charge in [0.25, 0.3) is 0 Å². The predicted molar refractivity (Wildman–Crippen MR) is 136 cm³/mol. The lowest BCUT2D eigenvalue weighted by molar-refractivity contribution is 0.680. The lowest BCUT2D eigenvalue weighted by Crippen LogP contribution is -2.26. The number of aryl methyl sites for hydroxylation is 1. The molecule has 0 amide bonds. The molecule has 2 aliphatic carbocycles. The smallest absolute Gasteiger partial charge is 0.132 e.